The van der Waals surface area contributed by atoms with Crippen LogP contribution in [0, 0.1) is 0 Å². The zero-order valence-corrected chi connectivity index (χ0v) is 61.0. The molecule has 0 saturated carbocycles. The van der Waals surface area contributed by atoms with Crippen molar-refractivity contribution in [2.45, 2.75) is 153 Å². The van der Waals surface area contributed by atoms with Crippen LogP contribution < -0.4 is 26.6 Å². The minimum absolute atomic E-state index is 0.0152. The molecule has 540 valence electrons. The van der Waals surface area contributed by atoms with Gasteiger partial charge >= 0.3 is 11.9 Å². The predicted molar refractivity (Wildman–Crippen MR) is 375 cm³/mol. The molecule has 12 bridgehead atoms. The third kappa shape index (κ3) is 14.5. The number of benzene rings is 1. The lowest BCUT2D eigenvalue weighted by atomic mass is 9.85. The molecule has 7 aromatic heterocycles. The number of aromatic nitrogens is 7. The molecule has 35 heteroatoms. The molecule has 13 rings (SSSR count). The Hall–Kier alpha value is -8.30. The second-order valence-electron chi connectivity index (χ2n) is 26.6. The minimum atomic E-state index is -1.89. The molecule has 10 atom stereocenters. The van der Waals surface area contributed by atoms with Gasteiger partial charge in [0.25, 0.3) is 17.7 Å². The Bertz CT molecular complexity index is 4570. The molecule has 8 aromatic rings. The summed E-state index contributed by atoms with van der Waals surface area (Å²) in [7, 11) is 4.90. The molecule has 1 aromatic carbocycles. The fourth-order valence-electron chi connectivity index (χ4n) is 13.6. The number of esters is 2. The van der Waals surface area contributed by atoms with Crippen molar-refractivity contribution >= 4 is 109 Å². The molecule has 0 unspecified atom stereocenters. The van der Waals surface area contributed by atoms with E-state index in [2.05, 4.69) is 55.3 Å². The van der Waals surface area contributed by atoms with Gasteiger partial charge in [0, 0.05) is 68.5 Å². The standard InChI is InChI=1S/C67H76N14O16S5/c1-30(82)46-58(87)77-47(31(2)92-9)61-73-41(28-101-61)57(86)78-50-52-53(97-44-19-67(6,90)54(79(7)8)32(3)96-44)65(89)94-21-33-14-13-15-42-45(33)36(22-93-52)51(81(42)91)64(88)95-23-37(70-55(84)39-27-102-63(50)74-39)60-71-38(25-100-60)48-35(59-72-40(26-99-59)56(85)76-46)18-43(83)49(75-48)62-69-34(24-98-62)20-68-29-66(4,5)80-16-11-10-12-17-80/h13-15,18,24-28,30,32,37,44,46,50,52-54,68,82-83,90-91H,10-12,16-17,19-23,29H2,1-9H3,(H,70,84)(H,76,85)(H,77,87)(H,78,86)/b47-31+/t30-,32+,37+,44+,46+,50+,52+,53+,54-,67+/m1/s1. The number of ether oxygens (including phenoxy) is 6. The van der Waals surface area contributed by atoms with Crippen molar-refractivity contribution in [3.63, 3.8) is 0 Å². The van der Waals surface area contributed by atoms with Crippen LogP contribution in [-0.4, -0.2) is 202 Å². The maximum absolute atomic E-state index is 15.2. The lowest BCUT2D eigenvalue weighted by Gasteiger charge is -2.48. The Labute approximate surface area is 604 Å². The topological polar surface area (TPSA) is 388 Å². The second kappa shape index (κ2) is 29.4. The molecule has 2 fully saturated rings. The number of nitrogens with zero attached hydrogens (tertiary/aromatic N) is 9. The number of carbonyl (C=O) groups excluding carboxylic acids is 6. The average Bonchev–Trinajstić information content (AvgIpc) is 1.58. The molecule has 30 nitrogen and oxygen atoms in total. The van der Waals surface area contributed by atoms with Crippen molar-refractivity contribution in [1.82, 2.24) is 71.0 Å². The molecule has 0 spiro atoms. The number of aliphatic hydroxyl groups excluding tert-OH is 1. The van der Waals surface area contributed by atoms with Crippen LogP contribution in [0.1, 0.15) is 153 Å². The summed E-state index contributed by atoms with van der Waals surface area (Å²) in [6.07, 6.45) is -3.86. The van der Waals surface area contributed by atoms with Gasteiger partial charge in [-0.05, 0) is 99.3 Å². The number of nitrogens with one attached hydrogen (secondary N) is 5. The molecule has 4 amide bonds. The monoisotopic (exact) mass is 1490 g/mol. The van der Waals surface area contributed by atoms with Crippen molar-refractivity contribution in [3.05, 3.63) is 112 Å². The van der Waals surface area contributed by atoms with E-state index in [1.54, 1.807) is 50.4 Å². The molecule has 2 saturated heterocycles. The fraction of sp³-hybridized carbons (Fsp3) is 0.463. The summed E-state index contributed by atoms with van der Waals surface area (Å²) >= 11 is 5.11. The number of cyclic esters (lactones) is 2. The Morgan fingerprint density at radius 2 is 1.51 bits per heavy atom. The molecule has 0 radical (unpaired) electrons. The fourth-order valence-corrected chi connectivity index (χ4v) is 17.8. The number of hydrogen-bond acceptors (Lipinski definition) is 30. The average molecular weight is 1490 g/mol. The summed E-state index contributed by atoms with van der Waals surface area (Å²) in [6, 6.07) is 1.09. The SMILES string of the molecule is CO/C(C)=C1/NC(=O)[C@H]([C@@H](C)O)NC(=O)c2csc(n2)-c2cc(O)c(-c3nc(CNCC(C)(C)N4CCCCC4)cs3)nc2-c2csc(n2)[C@@H]2COC(=O)c3c4c5c(cccc5n3O)COC(=O)[C@@H](O[C@H]3C[C@](C)(O)[C@H](N(C)C)[C@H](C)O3)[C@@H](OC4)[C@H](NC(=O)c3csc1n3)c1nc(cs1)C(=O)N2. The van der Waals surface area contributed by atoms with Gasteiger partial charge in [0.2, 0.25) is 5.91 Å². The van der Waals surface area contributed by atoms with E-state index >= 15 is 19.2 Å². The summed E-state index contributed by atoms with van der Waals surface area (Å²) in [6.45, 7) is 12.1. The highest BCUT2D eigenvalue weighted by Gasteiger charge is 2.50. The van der Waals surface area contributed by atoms with Crippen molar-refractivity contribution in [3.8, 4) is 38.4 Å². The molecular formula is C67H76N14O16S5. The predicted octanol–water partition coefficient (Wildman–Crippen LogP) is 6.52. The van der Waals surface area contributed by atoms with E-state index in [9.17, 15) is 30.1 Å². The van der Waals surface area contributed by atoms with Crippen LogP contribution in [0.15, 0.2) is 56.9 Å². The highest BCUT2D eigenvalue weighted by Crippen LogP contribution is 2.43. The number of amides is 4. The van der Waals surface area contributed by atoms with Gasteiger partial charge in [-0.25, -0.2) is 39.5 Å². The van der Waals surface area contributed by atoms with Crippen LogP contribution >= 0.6 is 56.7 Å². The van der Waals surface area contributed by atoms with E-state index in [-0.39, 0.29) is 105 Å². The largest absolute Gasteiger partial charge is 0.506 e. The lowest BCUT2D eigenvalue weighted by Crippen LogP contribution is -2.62. The van der Waals surface area contributed by atoms with Crippen molar-refractivity contribution < 1.29 is 77.7 Å². The molecule has 0 aliphatic carbocycles. The second-order valence-corrected chi connectivity index (χ2v) is 31.0. The number of fused-ring (bicyclic) bond motifs is 15. The molecule has 5 aliphatic rings. The maximum Gasteiger partial charge on any atom is 0.358 e. The highest BCUT2D eigenvalue weighted by molar-refractivity contribution is 7.14. The summed E-state index contributed by atoms with van der Waals surface area (Å²) in [5.74, 6) is -5.88. The number of pyridine rings is 1. The van der Waals surface area contributed by atoms with Crippen LogP contribution in [0.5, 0.6) is 5.75 Å². The van der Waals surface area contributed by atoms with Gasteiger partial charge in [-0.3, -0.25) is 24.1 Å². The molecule has 102 heavy (non-hydrogen) atoms. The molecule has 9 N–H and O–H groups in total. The van der Waals surface area contributed by atoms with Crippen LogP contribution in [-0.2, 0) is 57.8 Å². The van der Waals surface area contributed by atoms with E-state index in [4.69, 9.17) is 48.4 Å². The smallest absolute Gasteiger partial charge is 0.358 e. The zero-order chi connectivity index (χ0) is 72.2. The quantitative estimate of drug-likeness (QED) is 0.0378. The van der Waals surface area contributed by atoms with Crippen LogP contribution in [0.2, 0.25) is 0 Å². The van der Waals surface area contributed by atoms with Gasteiger partial charge in [0.05, 0.1) is 48.8 Å². The van der Waals surface area contributed by atoms with Gasteiger partial charge in [0.15, 0.2) is 18.1 Å². The maximum atomic E-state index is 15.2. The lowest BCUT2D eigenvalue weighted by molar-refractivity contribution is -0.280. The van der Waals surface area contributed by atoms with Crippen molar-refractivity contribution in [1.29, 1.82) is 0 Å². The number of rotatable bonds is 11. The van der Waals surface area contributed by atoms with Gasteiger partial charge < -0.3 is 80.4 Å². The number of piperidine rings is 1. The zero-order valence-electron chi connectivity index (χ0n) is 56.9. The number of hydrogen-bond donors (Lipinski definition) is 9. The van der Waals surface area contributed by atoms with E-state index in [0.29, 0.717) is 34.1 Å². The summed E-state index contributed by atoms with van der Waals surface area (Å²) < 4.78 is 38.5. The Morgan fingerprint density at radius 3 is 2.25 bits per heavy atom. The minimum Gasteiger partial charge on any atom is -0.506 e. The van der Waals surface area contributed by atoms with Crippen LogP contribution in [0.4, 0.5) is 0 Å². The summed E-state index contributed by atoms with van der Waals surface area (Å²) in [4.78, 5) is 123. The van der Waals surface area contributed by atoms with Gasteiger partial charge in [-0.1, -0.05) is 18.6 Å². The third-order valence-electron chi connectivity index (χ3n) is 18.6. The van der Waals surface area contributed by atoms with Gasteiger partial charge in [-0.2, -0.15) is 4.73 Å². The highest BCUT2D eigenvalue weighted by atomic mass is 32.1. The third-order valence-corrected chi connectivity index (χ3v) is 23.2. The van der Waals surface area contributed by atoms with Crippen LogP contribution in [0.3, 0.4) is 0 Å². The Balaban J connectivity index is 0.955. The molecule has 12 heterocycles. The number of likely N-dealkylation sites (tertiary alicyclic amines) is 1. The van der Waals surface area contributed by atoms with Crippen molar-refractivity contribution in [2.24, 2.45) is 0 Å². The summed E-state index contributed by atoms with van der Waals surface area (Å²) in [5, 5.41) is 70.8. The number of allylic oxidation sites excluding steroid dienone is 1. The number of carbonyl (C=O) groups is 6. The first kappa shape index (κ1) is 72.1. The Kier molecular flexibility index (Phi) is 20.8. The molecular weight excluding hydrogens is 1420 g/mol. The number of aromatic hydroxyl groups is 1. The van der Waals surface area contributed by atoms with E-state index < -0.39 is 122 Å². The van der Waals surface area contributed by atoms with Gasteiger partial charge in [-0.15, -0.1) is 56.7 Å². The van der Waals surface area contributed by atoms with Gasteiger partial charge in [0.1, 0.15) is 114 Å². The Morgan fingerprint density at radius 1 is 0.833 bits per heavy atom. The van der Waals surface area contributed by atoms with Crippen LogP contribution in [0.25, 0.3) is 49.3 Å². The first-order valence-electron chi connectivity index (χ1n) is 32.9. The van der Waals surface area contributed by atoms with E-state index in [0.717, 1.165) is 71.3 Å². The first-order chi connectivity index (χ1) is 48.7. The molecule has 5 aliphatic heterocycles. The number of thiazole rings is 5. The van der Waals surface area contributed by atoms with Crippen molar-refractivity contribution in [2.75, 3.05) is 47.4 Å². The van der Waals surface area contributed by atoms with E-state index in [1.807, 2.05) is 5.38 Å². The first-order valence-corrected chi connectivity index (χ1v) is 37.3. The number of likely N-dealkylation sites (N-methyl/N-ethyl adjacent to an activating group) is 1. The van der Waals surface area contributed by atoms with E-state index in [1.165, 1.54) is 67.0 Å². The number of aliphatic hydroxyl groups is 2. The number of methoxy groups -OCH3 is 1. The normalized spacial score (nSPS) is 25.0. The summed E-state index contributed by atoms with van der Waals surface area (Å²) in [5.41, 5.74) is -0.971.